The molecule has 2 nitrogen and oxygen atoms in total. The fourth-order valence-electron chi connectivity index (χ4n) is 2.13. The topological polar surface area (TPSA) is 46.2 Å². The van der Waals surface area contributed by atoms with Crippen LogP contribution < -0.4 is 5.73 Å². The minimum absolute atomic E-state index is 0.161. The molecule has 0 aromatic carbocycles. The Morgan fingerprint density at radius 2 is 1.80 bits per heavy atom. The van der Waals surface area contributed by atoms with E-state index in [0.29, 0.717) is 25.3 Å². The normalized spacial score (nSPS) is 33.0. The van der Waals surface area contributed by atoms with Crippen molar-refractivity contribution >= 4 is 0 Å². The summed E-state index contributed by atoms with van der Waals surface area (Å²) >= 11 is 0. The van der Waals surface area contributed by atoms with Crippen molar-refractivity contribution in [3.63, 3.8) is 0 Å². The number of halogens is 3. The van der Waals surface area contributed by atoms with Crippen LogP contribution in [0.4, 0.5) is 13.2 Å². The van der Waals surface area contributed by atoms with Crippen molar-refractivity contribution < 1.29 is 18.3 Å². The molecule has 3 N–H and O–H groups in total. The highest BCUT2D eigenvalue weighted by Gasteiger charge is 2.54. The Balaban J connectivity index is 2.41. The summed E-state index contributed by atoms with van der Waals surface area (Å²) in [5.41, 5.74) is 2.90. The Bertz CT molecular complexity index is 197. The molecule has 0 unspecified atom stereocenters. The van der Waals surface area contributed by atoms with Gasteiger partial charge in [0.05, 0.1) is 0 Å². The van der Waals surface area contributed by atoms with Crippen LogP contribution >= 0.6 is 0 Å². The highest BCUT2D eigenvalue weighted by molar-refractivity contribution is 4.91. The monoisotopic (exact) mass is 225 g/mol. The SMILES string of the molecule is NCCCC1CCC(O)(C(F)(F)F)CC1. The fourth-order valence-corrected chi connectivity index (χ4v) is 2.13. The van der Waals surface area contributed by atoms with Crippen LogP contribution in [0.3, 0.4) is 0 Å². The van der Waals surface area contributed by atoms with Gasteiger partial charge in [0.1, 0.15) is 0 Å². The molecular formula is C10H18F3NO. The smallest absolute Gasteiger partial charge is 0.380 e. The van der Waals surface area contributed by atoms with Crippen LogP contribution in [-0.2, 0) is 0 Å². The Hall–Kier alpha value is -0.290. The summed E-state index contributed by atoms with van der Waals surface area (Å²) in [4.78, 5) is 0. The Morgan fingerprint density at radius 3 is 2.20 bits per heavy atom. The predicted molar refractivity (Wildman–Crippen MR) is 51.3 cm³/mol. The highest BCUT2D eigenvalue weighted by atomic mass is 19.4. The first-order valence-corrected chi connectivity index (χ1v) is 5.38. The maximum Gasteiger partial charge on any atom is 0.417 e. The first kappa shape index (κ1) is 12.8. The summed E-state index contributed by atoms with van der Waals surface area (Å²) in [6.07, 6.45) is -2.16. The van der Waals surface area contributed by atoms with Crippen LogP contribution in [-0.4, -0.2) is 23.4 Å². The number of rotatable bonds is 3. The predicted octanol–water partition coefficient (Wildman–Crippen LogP) is 2.21. The van der Waals surface area contributed by atoms with Crippen LogP contribution in [0.25, 0.3) is 0 Å². The van der Waals surface area contributed by atoms with Crippen molar-refractivity contribution in [1.29, 1.82) is 0 Å². The second-order valence-electron chi connectivity index (χ2n) is 4.40. The van der Waals surface area contributed by atoms with Crippen molar-refractivity contribution in [3.8, 4) is 0 Å². The van der Waals surface area contributed by atoms with Gasteiger partial charge in [-0.3, -0.25) is 0 Å². The summed E-state index contributed by atoms with van der Waals surface area (Å²) in [6, 6.07) is 0. The first-order chi connectivity index (χ1) is 6.89. The van der Waals surface area contributed by atoms with Crippen molar-refractivity contribution in [1.82, 2.24) is 0 Å². The van der Waals surface area contributed by atoms with E-state index < -0.39 is 11.8 Å². The number of aliphatic hydroxyl groups is 1. The molecule has 0 heterocycles. The van der Waals surface area contributed by atoms with E-state index in [9.17, 15) is 18.3 Å². The third-order valence-electron chi connectivity index (χ3n) is 3.28. The molecule has 1 saturated carbocycles. The minimum Gasteiger partial charge on any atom is -0.380 e. The Kier molecular flexibility index (Phi) is 4.00. The molecule has 1 fully saturated rings. The van der Waals surface area contributed by atoms with Crippen LogP contribution in [0.15, 0.2) is 0 Å². The molecule has 0 saturated heterocycles. The van der Waals surface area contributed by atoms with Crippen molar-refractivity contribution in [2.45, 2.75) is 50.3 Å². The second-order valence-corrected chi connectivity index (χ2v) is 4.40. The average molecular weight is 225 g/mol. The van der Waals surface area contributed by atoms with E-state index in [4.69, 9.17) is 5.73 Å². The zero-order valence-electron chi connectivity index (χ0n) is 8.69. The van der Waals surface area contributed by atoms with Gasteiger partial charge in [0, 0.05) is 0 Å². The molecule has 0 aromatic rings. The van der Waals surface area contributed by atoms with Gasteiger partial charge in [0.2, 0.25) is 0 Å². The Labute approximate surface area is 87.6 Å². The van der Waals surface area contributed by atoms with Gasteiger partial charge >= 0.3 is 6.18 Å². The number of alkyl halides is 3. The molecule has 0 aliphatic heterocycles. The zero-order chi connectivity index (χ0) is 11.5. The molecule has 0 bridgehead atoms. The van der Waals surface area contributed by atoms with E-state index in [1.165, 1.54) is 0 Å². The van der Waals surface area contributed by atoms with Crippen molar-refractivity contribution in [2.24, 2.45) is 11.7 Å². The molecule has 0 radical (unpaired) electrons. The lowest BCUT2D eigenvalue weighted by Crippen LogP contribution is -2.47. The average Bonchev–Trinajstić information content (AvgIpc) is 2.15. The van der Waals surface area contributed by atoms with Gasteiger partial charge in [-0.2, -0.15) is 13.2 Å². The van der Waals surface area contributed by atoms with Crippen LogP contribution in [0, 0.1) is 5.92 Å². The van der Waals surface area contributed by atoms with E-state index in [0.717, 1.165) is 12.8 Å². The molecular weight excluding hydrogens is 207 g/mol. The van der Waals surface area contributed by atoms with Crippen LogP contribution in [0.1, 0.15) is 38.5 Å². The summed E-state index contributed by atoms with van der Waals surface area (Å²) in [7, 11) is 0. The van der Waals surface area contributed by atoms with Gasteiger partial charge in [-0.25, -0.2) is 0 Å². The first-order valence-electron chi connectivity index (χ1n) is 5.38. The fraction of sp³-hybridized carbons (Fsp3) is 1.00. The molecule has 1 rings (SSSR count). The molecule has 0 spiro atoms. The van der Waals surface area contributed by atoms with Crippen LogP contribution in [0.2, 0.25) is 0 Å². The molecule has 15 heavy (non-hydrogen) atoms. The van der Waals surface area contributed by atoms with Gasteiger partial charge in [-0.05, 0) is 51.0 Å². The molecule has 0 atom stereocenters. The molecule has 90 valence electrons. The molecule has 0 amide bonds. The van der Waals surface area contributed by atoms with Crippen LogP contribution in [0.5, 0.6) is 0 Å². The summed E-state index contributed by atoms with van der Waals surface area (Å²) in [6.45, 7) is 0.583. The van der Waals surface area contributed by atoms with Gasteiger partial charge in [-0.15, -0.1) is 0 Å². The largest absolute Gasteiger partial charge is 0.417 e. The molecule has 1 aliphatic rings. The van der Waals surface area contributed by atoms with Crippen molar-refractivity contribution in [2.75, 3.05) is 6.54 Å². The van der Waals surface area contributed by atoms with Crippen molar-refractivity contribution in [3.05, 3.63) is 0 Å². The number of hydrogen-bond donors (Lipinski definition) is 2. The second kappa shape index (κ2) is 4.70. The summed E-state index contributed by atoms with van der Waals surface area (Å²) < 4.78 is 37.3. The number of hydrogen-bond acceptors (Lipinski definition) is 2. The summed E-state index contributed by atoms with van der Waals surface area (Å²) in [5.74, 6) is 0.302. The zero-order valence-corrected chi connectivity index (χ0v) is 8.69. The Morgan fingerprint density at radius 1 is 1.27 bits per heavy atom. The minimum atomic E-state index is -4.48. The van der Waals surface area contributed by atoms with E-state index in [1.54, 1.807) is 0 Å². The van der Waals surface area contributed by atoms with Gasteiger partial charge in [-0.1, -0.05) is 0 Å². The molecule has 5 heteroatoms. The number of nitrogens with two attached hydrogens (primary N) is 1. The highest BCUT2D eigenvalue weighted by Crippen LogP contribution is 2.43. The van der Waals surface area contributed by atoms with E-state index in [2.05, 4.69) is 0 Å². The third kappa shape index (κ3) is 3.08. The lowest BCUT2D eigenvalue weighted by molar-refractivity contribution is -0.272. The quantitative estimate of drug-likeness (QED) is 0.773. The van der Waals surface area contributed by atoms with Gasteiger partial charge in [0.25, 0.3) is 0 Å². The van der Waals surface area contributed by atoms with Gasteiger partial charge < -0.3 is 10.8 Å². The van der Waals surface area contributed by atoms with E-state index >= 15 is 0 Å². The molecule has 0 aromatic heterocycles. The third-order valence-corrected chi connectivity index (χ3v) is 3.28. The van der Waals surface area contributed by atoms with Gasteiger partial charge in [0.15, 0.2) is 5.60 Å². The lowest BCUT2D eigenvalue weighted by atomic mass is 9.77. The van der Waals surface area contributed by atoms with E-state index in [1.807, 2.05) is 0 Å². The standard InChI is InChI=1S/C10H18F3NO/c11-10(12,13)9(15)5-3-8(4-6-9)2-1-7-14/h8,15H,1-7,14H2. The van der Waals surface area contributed by atoms with E-state index in [-0.39, 0.29) is 12.8 Å². The maximum absolute atomic E-state index is 12.4. The molecule has 1 aliphatic carbocycles. The maximum atomic E-state index is 12.4. The summed E-state index contributed by atoms with van der Waals surface area (Å²) in [5, 5.41) is 9.40. The lowest BCUT2D eigenvalue weighted by Gasteiger charge is -2.37.